The third-order valence-electron chi connectivity index (χ3n) is 6.79. The lowest BCUT2D eigenvalue weighted by Gasteiger charge is -2.41. The zero-order valence-electron chi connectivity index (χ0n) is 16.8. The number of piperidine rings is 1. The molecule has 0 aromatic carbocycles. The quantitative estimate of drug-likeness (QED) is 0.772. The van der Waals surface area contributed by atoms with Gasteiger partial charge in [0.25, 0.3) is 5.89 Å². The molecule has 3 fully saturated rings. The lowest BCUT2D eigenvalue weighted by atomic mass is 9.73. The van der Waals surface area contributed by atoms with Gasteiger partial charge >= 0.3 is 0 Å². The molecule has 3 aliphatic rings. The summed E-state index contributed by atoms with van der Waals surface area (Å²) in [6.45, 7) is 2.96. The number of likely N-dealkylation sites (tertiary alicyclic amines) is 1. The molecular weight excluding hydrogens is 368 g/mol. The lowest BCUT2D eigenvalue weighted by Crippen LogP contribution is -2.48. The van der Waals surface area contributed by atoms with E-state index in [0.29, 0.717) is 25.0 Å². The van der Waals surface area contributed by atoms with E-state index in [1.165, 1.54) is 12.8 Å². The fourth-order valence-electron chi connectivity index (χ4n) is 4.80. The van der Waals surface area contributed by atoms with Crippen LogP contribution in [0.2, 0.25) is 0 Å². The maximum absolute atomic E-state index is 12.9. The van der Waals surface area contributed by atoms with Gasteiger partial charge in [-0.05, 0) is 50.2 Å². The van der Waals surface area contributed by atoms with Crippen molar-refractivity contribution in [2.75, 3.05) is 26.3 Å². The summed E-state index contributed by atoms with van der Waals surface area (Å²) in [4.78, 5) is 23.9. The summed E-state index contributed by atoms with van der Waals surface area (Å²) in [6, 6.07) is 3.81. The van der Waals surface area contributed by atoms with Crippen LogP contribution in [0.3, 0.4) is 0 Å². The van der Waals surface area contributed by atoms with E-state index in [4.69, 9.17) is 14.2 Å². The van der Waals surface area contributed by atoms with Gasteiger partial charge < -0.3 is 14.2 Å². The number of amides is 1. The van der Waals surface area contributed by atoms with E-state index in [0.717, 1.165) is 62.5 Å². The molecule has 0 unspecified atom stereocenters. The smallest absolute Gasteiger partial charge is 0.259 e. The standard InChI is InChI=1S/C22H28N4O3/c27-20(17-5-12-28-13-6-17)26-10-7-22(8-11-26,14-16-3-4-16)21-24-19(29-25-21)18-2-1-9-23-15-18/h1-2,9,15-17H,3-8,10-14H2. The third-order valence-corrected chi connectivity index (χ3v) is 6.79. The minimum atomic E-state index is -0.0857. The van der Waals surface area contributed by atoms with Crippen molar-refractivity contribution in [3.63, 3.8) is 0 Å². The highest BCUT2D eigenvalue weighted by molar-refractivity contribution is 5.79. The number of aromatic nitrogens is 3. The van der Waals surface area contributed by atoms with Crippen molar-refractivity contribution < 1.29 is 14.1 Å². The van der Waals surface area contributed by atoms with Crippen LogP contribution in [0, 0.1) is 11.8 Å². The highest BCUT2D eigenvalue weighted by Crippen LogP contribution is 2.47. The molecule has 0 N–H and O–H groups in total. The van der Waals surface area contributed by atoms with Crippen LogP contribution in [0.25, 0.3) is 11.5 Å². The van der Waals surface area contributed by atoms with Crippen molar-refractivity contribution in [3.8, 4) is 11.5 Å². The number of ether oxygens (including phenoxy) is 1. The topological polar surface area (TPSA) is 81.4 Å². The van der Waals surface area contributed by atoms with Crippen LogP contribution >= 0.6 is 0 Å². The number of carbonyl (C=O) groups is 1. The normalized spacial score (nSPS) is 22.6. The van der Waals surface area contributed by atoms with Gasteiger partial charge in [0, 0.05) is 50.0 Å². The molecule has 0 radical (unpaired) electrons. The summed E-state index contributed by atoms with van der Waals surface area (Å²) in [5.41, 5.74) is 0.761. The molecule has 0 atom stereocenters. The van der Waals surface area contributed by atoms with E-state index in [2.05, 4.69) is 15.0 Å². The van der Waals surface area contributed by atoms with Gasteiger partial charge in [-0.2, -0.15) is 4.98 Å². The fourth-order valence-corrected chi connectivity index (χ4v) is 4.80. The zero-order valence-corrected chi connectivity index (χ0v) is 16.8. The van der Waals surface area contributed by atoms with Crippen molar-refractivity contribution in [2.24, 2.45) is 11.8 Å². The van der Waals surface area contributed by atoms with Crippen LogP contribution in [0.15, 0.2) is 29.0 Å². The first kappa shape index (κ1) is 18.7. The van der Waals surface area contributed by atoms with Crippen molar-refractivity contribution >= 4 is 5.91 Å². The summed E-state index contributed by atoms with van der Waals surface area (Å²) in [6.07, 6.45) is 10.7. The fraction of sp³-hybridized carbons (Fsp3) is 0.636. The second-order valence-corrected chi connectivity index (χ2v) is 8.80. The van der Waals surface area contributed by atoms with Crippen LogP contribution in [0.4, 0.5) is 0 Å². The van der Waals surface area contributed by atoms with Crippen molar-refractivity contribution in [2.45, 2.75) is 50.4 Å². The molecule has 5 rings (SSSR count). The molecular formula is C22H28N4O3. The average molecular weight is 396 g/mol. The minimum Gasteiger partial charge on any atom is -0.381 e. The molecule has 2 aromatic heterocycles. The molecule has 29 heavy (non-hydrogen) atoms. The van der Waals surface area contributed by atoms with Gasteiger partial charge in [-0.25, -0.2) is 0 Å². The van der Waals surface area contributed by atoms with Crippen LogP contribution in [0.1, 0.15) is 50.8 Å². The van der Waals surface area contributed by atoms with Crippen molar-refractivity contribution in [3.05, 3.63) is 30.4 Å². The van der Waals surface area contributed by atoms with Crippen LogP contribution < -0.4 is 0 Å². The Bertz CT molecular complexity index is 835. The van der Waals surface area contributed by atoms with E-state index in [-0.39, 0.29) is 11.3 Å². The Balaban J connectivity index is 1.32. The van der Waals surface area contributed by atoms with Crippen molar-refractivity contribution in [1.29, 1.82) is 0 Å². The van der Waals surface area contributed by atoms with Gasteiger partial charge in [-0.1, -0.05) is 18.0 Å². The summed E-state index contributed by atoms with van der Waals surface area (Å²) in [5, 5.41) is 4.40. The molecule has 1 aliphatic carbocycles. The maximum atomic E-state index is 12.9. The van der Waals surface area contributed by atoms with Gasteiger partial charge in [0.05, 0.1) is 5.56 Å². The highest BCUT2D eigenvalue weighted by atomic mass is 16.5. The Morgan fingerprint density at radius 3 is 2.66 bits per heavy atom. The van der Waals surface area contributed by atoms with Gasteiger partial charge in [-0.3, -0.25) is 9.78 Å². The van der Waals surface area contributed by atoms with Crippen LogP contribution in [-0.2, 0) is 14.9 Å². The van der Waals surface area contributed by atoms with E-state index in [1.807, 2.05) is 12.1 Å². The third kappa shape index (κ3) is 3.92. The monoisotopic (exact) mass is 396 g/mol. The summed E-state index contributed by atoms with van der Waals surface area (Å²) in [7, 11) is 0. The first-order valence-corrected chi connectivity index (χ1v) is 10.8. The number of hydrogen-bond acceptors (Lipinski definition) is 6. The van der Waals surface area contributed by atoms with Gasteiger partial charge in [0.1, 0.15) is 0 Å². The highest BCUT2D eigenvalue weighted by Gasteiger charge is 2.45. The average Bonchev–Trinajstić information content (AvgIpc) is 3.45. The predicted molar refractivity (Wildman–Crippen MR) is 106 cm³/mol. The Hall–Kier alpha value is -2.28. The molecule has 4 heterocycles. The first-order chi connectivity index (χ1) is 14.2. The van der Waals surface area contributed by atoms with Crippen LogP contribution in [0.5, 0.6) is 0 Å². The molecule has 1 amide bonds. The number of pyridine rings is 1. The number of hydrogen-bond donors (Lipinski definition) is 0. The van der Waals surface area contributed by atoms with Crippen molar-refractivity contribution in [1.82, 2.24) is 20.0 Å². The maximum Gasteiger partial charge on any atom is 0.259 e. The predicted octanol–water partition coefficient (Wildman–Crippen LogP) is 3.22. The molecule has 2 saturated heterocycles. The van der Waals surface area contributed by atoms with Gasteiger partial charge in [-0.15, -0.1) is 0 Å². The van der Waals surface area contributed by atoms with Crippen LogP contribution in [-0.4, -0.2) is 52.2 Å². The zero-order chi connectivity index (χ0) is 19.7. The van der Waals surface area contributed by atoms with Gasteiger partial charge in [0.2, 0.25) is 5.91 Å². The second-order valence-electron chi connectivity index (χ2n) is 8.80. The Kier molecular flexibility index (Phi) is 5.08. The van der Waals surface area contributed by atoms with E-state index >= 15 is 0 Å². The number of nitrogens with zero attached hydrogens (tertiary/aromatic N) is 4. The van der Waals surface area contributed by atoms with Gasteiger partial charge in [0.15, 0.2) is 5.82 Å². The number of carbonyl (C=O) groups excluding carboxylic acids is 1. The largest absolute Gasteiger partial charge is 0.381 e. The second kappa shape index (κ2) is 7.86. The molecule has 1 saturated carbocycles. The van der Waals surface area contributed by atoms with E-state index < -0.39 is 0 Å². The minimum absolute atomic E-state index is 0.0857. The SMILES string of the molecule is O=C(C1CCOCC1)N1CCC(CC2CC2)(c2noc(-c3cccnc3)n2)CC1. The molecule has 2 aliphatic heterocycles. The molecule has 2 aromatic rings. The molecule has 154 valence electrons. The summed E-state index contributed by atoms with van der Waals surface area (Å²) >= 11 is 0. The Labute approximate surface area is 170 Å². The first-order valence-electron chi connectivity index (χ1n) is 10.8. The summed E-state index contributed by atoms with van der Waals surface area (Å²) in [5.74, 6) is 2.53. The summed E-state index contributed by atoms with van der Waals surface area (Å²) < 4.78 is 11.0. The Morgan fingerprint density at radius 1 is 1.17 bits per heavy atom. The van der Waals surface area contributed by atoms with E-state index in [9.17, 15) is 4.79 Å². The Morgan fingerprint density at radius 2 is 1.97 bits per heavy atom. The lowest BCUT2D eigenvalue weighted by molar-refractivity contribution is -0.140. The molecule has 0 spiro atoms. The molecule has 7 nitrogen and oxygen atoms in total. The number of rotatable bonds is 5. The van der Waals surface area contributed by atoms with E-state index in [1.54, 1.807) is 12.4 Å². The molecule has 0 bridgehead atoms. The molecule has 7 heteroatoms.